The molecule has 0 bridgehead atoms. The highest BCUT2D eigenvalue weighted by Gasteiger charge is 2.47. The van der Waals surface area contributed by atoms with Crippen LogP contribution in [0.1, 0.15) is 66.6 Å². The summed E-state index contributed by atoms with van der Waals surface area (Å²) in [6.07, 6.45) is 8.69. The summed E-state index contributed by atoms with van der Waals surface area (Å²) in [6, 6.07) is 14.0. The molecule has 8 nitrogen and oxygen atoms in total. The van der Waals surface area contributed by atoms with E-state index in [4.69, 9.17) is 14.3 Å². The molecule has 0 saturated carbocycles. The molecule has 8 heteroatoms. The first-order valence-corrected chi connectivity index (χ1v) is 13.4. The minimum Gasteiger partial charge on any atom is -0.485 e. The monoisotopic (exact) mass is 515 g/mol. The third-order valence-corrected chi connectivity index (χ3v) is 7.93. The fraction of sp³-hybridized carbons (Fsp3) is 0.400. The third-order valence-electron chi connectivity index (χ3n) is 7.93. The topological polar surface area (TPSA) is 92.9 Å². The predicted octanol–water partition coefficient (Wildman–Crippen LogP) is 4.93. The maximum Gasteiger partial charge on any atom is 0.267 e. The van der Waals surface area contributed by atoms with Crippen LogP contribution >= 0.6 is 0 Å². The number of hydrogen-bond donors (Lipinski definition) is 2. The number of para-hydroxylation sites is 1. The summed E-state index contributed by atoms with van der Waals surface area (Å²) >= 11 is 0. The van der Waals surface area contributed by atoms with Crippen molar-refractivity contribution in [1.29, 1.82) is 0 Å². The van der Waals surface area contributed by atoms with Crippen molar-refractivity contribution in [2.45, 2.75) is 57.0 Å². The van der Waals surface area contributed by atoms with Crippen molar-refractivity contribution in [3.05, 3.63) is 71.4 Å². The Balaban J connectivity index is 1.10. The Morgan fingerprint density at radius 1 is 1.26 bits per heavy atom. The lowest BCUT2D eigenvalue weighted by atomic mass is 9.88. The number of H-pyrrole nitrogens is 1. The van der Waals surface area contributed by atoms with E-state index in [0.717, 1.165) is 43.3 Å². The molecule has 198 valence electrons. The fourth-order valence-corrected chi connectivity index (χ4v) is 5.82. The van der Waals surface area contributed by atoms with Crippen molar-refractivity contribution in [3.63, 3.8) is 0 Å². The van der Waals surface area contributed by atoms with Crippen LogP contribution in [0.5, 0.6) is 5.75 Å². The van der Waals surface area contributed by atoms with Gasteiger partial charge >= 0.3 is 0 Å². The zero-order chi connectivity index (χ0) is 26.1. The van der Waals surface area contributed by atoms with Crippen LogP contribution in [-0.4, -0.2) is 53.2 Å². The molecule has 1 aromatic heterocycles. The molecule has 1 amide bonds. The van der Waals surface area contributed by atoms with Gasteiger partial charge < -0.3 is 14.5 Å². The van der Waals surface area contributed by atoms with Crippen molar-refractivity contribution < 1.29 is 23.9 Å². The lowest BCUT2D eigenvalue weighted by molar-refractivity contribution is -0.198. The number of hydrogen-bond acceptors (Lipinski definition) is 6. The molecule has 3 unspecified atom stereocenters. The van der Waals surface area contributed by atoms with Gasteiger partial charge in [0, 0.05) is 61.8 Å². The minimum absolute atomic E-state index is 0.0744. The molecule has 1 spiro atoms. The average molecular weight is 516 g/mol. The van der Waals surface area contributed by atoms with Gasteiger partial charge in [0.2, 0.25) is 0 Å². The molecule has 3 aliphatic rings. The fourth-order valence-electron chi connectivity index (χ4n) is 5.82. The second-order valence-electron chi connectivity index (χ2n) is 10.5. The molecule has 6 rings (SSSR count). The summed E-state index contributed by atoms with van der Waals surface area (Å²) in [5.74, 6) is 0.307. The van der Waals surface area contributed by atoms with Gasteiger partial charge in [0.1, 0.15) is 11.4 Å². The molecule has 4 heterocycles. The number of carbonyl (C=O) groups excluding carboxylic acids is 2. The normalized spacial score (nSPS) is 24.6. The molecule has 2 fully saturated rings. The first kappa shape index (κ1) is 24.9. The standard InChI is InChI=1S/C30H33N3O5/c1-20(24-18-31-25-7-3-2-6-22(24)25)33-14-13-30(19-33)17-26(34)23-16-21(9-11-27(23)37-30)10-12-28(35)32-38-29-8-4-5-15-36-29/h2-3,6-7,9-12,16,18,20,29,31H,4-5,8,13-15,17,19H2,1H3,(H,32,35). The zero-order valence-electron chi connectivity index (χ0n) is 21.6. The van der Waals surface area contributed by atoms with Gasteiger partial charge in [-0.1, -0.05) is 24.3 Å². The molecule has 38 heavy (non-hydrogen) atoms. The highest BCUT2D eigenvalue weighted by atomic mass is 16.8. The number of rotatable bonds is 6. The molecule has 2 saturated heterocycles. The zero-order valence-corrected chi connectivity index (χ0v) is 21.6. The number of aromatic nitrogens is 1. The van der Waals surface area contributed by atoms with Gasteiger partial charge in [0.05, 0.1) is 12.0 Å². The Morgan fingerprint density at radius 3 is 3.03 bits per heavy atom. The van der Waals surface area contributed by atoms with Crippen LogP contribution < -0.4 is 10.2 Å². The van der Waals surface area contributed by atoms with Crippen molar-refractivity contribution >= 4 is 28.7 Å². The number of nitrogens with one attached hydrogen (secondary N) is 2. The number of ether oxygens (including phenoxy) is 2. The third kappa shape index (κ3) is 4.99. The van der Waals surface area contributed by atoms with Crippen molar-refractivity contribution in [2.24, 2.45) is 0 Å². The van der Waals surface area contributed by atoms with E-state index in [1.54, 1.807) is 12.1 Å². The second-order valence-corrected chi connectivity index (χ2v) is 10.5. The van der Waals surface area contributed by atoms with Crippen LogP contribution in [0.4, 0.5) is 0 Å². The van der Waals surface area contributed by atoms with E-state index in [0.29, 0.717) is 30.9 Å². The van der Waals surface area contributed by atoms with E-state index in [9.17, 15) is 9.59 Å². The van der Waals surface area contributed by atoms with E-state index in [1.807, 2.05) is 18.2 Å². The number of Topliss-reactive ketones (excluding diaryl/α,β-unsaturated/α-hetero) is 1. The number of amides is 1. The lowest BCUT2D eigenvalue weighted by Gasteiger charge is -2.35. The van der Waals surface area contributed by atoms with Crippen LogP contribution in [-0.2, 0) is 14.4 Å². The maximum atomic E-state index is 13.3. The predicted molar refractivity (Wildman–Crippen MR) is 144 cm³/mol. The minimum atomic E-state index is -0.514. The molecular weight excluding hydrogens is 482 g/mol. The van der Waals surface area contributed by atoms with Gasteiger partial charge in [-0.2, -0.15) is 0 Å². The molecule has 3 atom stereocenters. The van der Waals surface area contributed by atoms with Crippen molar-refractivity contribution in [2.75, 3.05) is 19.7 Å². The number of fused-ring (bicyclic) bond motifs is 2. The number of hydroxylamine groups is 1. The SMILES string of the molecule is CC(c1c[nH]c2ccccc12)N1CCC2(CC(=O)c3cc(C=CC(=O)NOC4CCCCO4)ccc3O2)C1. The van der Waals surface area contributed by atoms with Crippen LogP contribution in [0.3, 0.4) is 0 Å². The Kier molecular flexibility index (Phi) is 6.78. The van der Waals surface area contributed by atoms with E-state index >= 15 is 0 Å². The molecule has 0 aliphatic carbocycles. The molecular formula is C30H33N3O5. The number of likely N-dealkylation sites (tertiary alicyclic amines) is 1. The number of nitrogens with zero attached hydrogens (tertiary/aromatic N) is 1. The Hall–Kier alpha value is -3.46. The van der Waals surface area contributed by atoms with Crippen LogP contribution in [0.25, 0.3) is 17.0 Å². The Bertz CT molecular complexity index is 1380. The number of carbonyl (C=O) groups is 2. The van der Waals surface area contributed by atoms with Gasteiger partial charge in [-0.15, -0.1) is 0 Å². The summed E-state index contributed by atoms with van der Waals surface area (Å²) in [5.41, 5.74) is 5.61. The van der Waals surface area contributed by atoms with Gasteiger partial charge in [-0.05, 0) is 55.2 Å². The Morgan fingerprint density at radius 2 is 2.16 bits per heavy atom. The van der Waals surface area contributed by atoms with Crippen LogP contribution in [0.15, 0.2) is 54.7 Å². The summed E-state index contributed by atoms with van der Waals surface area (Å²) in [4.78, 5) is 36.5. The number of benzene rings is 2. The second kappa shape index (κ2) is 10.4. The molecule has 3 aromatic rings. The molecule has 2 N–H and O–H groups in total. The highest BCUT2D eigenvalue weighted by molar-refractivity contribution is 6.01. The largest absolute Gasteiger partial charge is 0.485 e. The molecule has 3 aliphatic heterocycles. The molecule has 2 aromatic carbocycles. The number of aromatic amines is 1. The lowest BCUT2D eigenvalue weighted by Crippen LogP contribution is -2.44. The number of ketones is 1. The first-order valence-electron chi connectivity index (χ1n) is 13.4. The average Bonchev–Trinajstić information content (AvgIpc) is 3.56. The van der Waals surface area contributed by atoms with Gasteiger partial charge in [-0.3, -0.25) is 14.5 Å². The summed E-state index contributed by atoms with van der Waals surface area (Å²) < 4.78 is 12.0. The summed E-state index contributed by atoms with van der Waals surface area (Å²) in [7, 11) is 0. The van der Waals surface area contributed by atoms with Crippen LogP contribution in [0, 0.1) is 0 Å². The van der Waals surface area contributed by atoms with Gasteiger partial charge in [0.15, 0.2) is 12.1 Å². The quantitative estimate of drug-likeness (QED) is 0.357. The van der Waals surface area contributed by atoms with Crippen molar-refractivity contribution in [1.82, 2.24) is 15.4 Å². The van der Waals surface area contributed by atoms with Gasteiger partial charge in [0.25, 0.3) is 5.91 Å². The van der Waals surface area contributed by atoms with E-state index in [2.05, 4.69) is 46.7 Å². The smallest absolute Gasteiger partial charge is 0.267 e. The van der Waals surface area contributed by atoms with Gasteiger partial charge in [-0.25, -0.2) is 10.3 Å². The highest BCUT2D eigenvalue weighted by Crippen LogP contribution is 2.42. The van der Waals surface area contributed by atoms with Crippen LogP contribution in [0.2, 0.25) is 0 Å². The van der Waals surface area contributed by atoms with E-state index in [-0.39, 0.29) is 17.7 Å². The summed E-state index contributed by atoms with van der Waals surface area (Å²) in [5, 5.41) is 1.23. The maximum absolute atomic E-state index is 13.3. The summed E-state index contributed by atoms with van der Waals surface area (Å²) in [6.45, 7) is 4.43. The first-order chi connectivity index (χ1) is 18.5. The van der Waals surface area contributed by atoms with Crippen molar-refractivity contribution in [3.8, 4) is 5.75 Å². The Labute approximate surface area is 221 Å². The van der Waals surface area contributed by atoms with E-state index in [1.165, 1.54) is 17.0 Å². The van der Waals surface area contributed by atoms with E-state index < -0.39 is 11.9 Å². The molecule has 0 radical (unpaired) electrons.